The van der Waals surface area contributed by atoms with Crippen LogP contribution in [0.1, 0.15) is 25.8 Å². The summed E-state index contributed by atoms with van der Waals surface area (Å²) in [7, 11) is 1.65. The third kappa shape index (κ3) is 3.40. The topological polar surface area (TPSA) is 18.5 Å². The lowest BCUT2D eigenvalue weighted by molar-refractivity contribution is -0.0548. The summed E-state index contributed by atoms with van der Waals surface area (Å²) in [6, 6.07) is 7.88. The molecule has 0 bridgehead atoms. The van der Waals surface area contributed by atoms with E-state index in [9.17, 15) is 0 Å². The minimum atomic E-state index is -0.176. The van der Waals surface area contributed by atoms with Crippen molar-refractivity contribution in [2.75, 3.05) is 7.11 Å². The first-order valence-electron chi connectivity index (χ1n) is 5.12. The zero-order valence-electron chi connectivity index (χ0n) is 9.62. The van der Waals surface area contributed by atoms with Crippen LogP contribution >= 0.6 is 0 Å². The standard InChI is InChI=1S/C13H18O2/c1-5-13(14-4)15-12-8-6-7-11(9-12)10(2)3/h6-9,13H,2,5H2,1,3-4H3. The van der Waals surface area contributed by atoms with Gasteiger partial charge in [-0.1, -0.05) is 31.2 Å². The Morgan fingerprint density at radius 2 is 2.20 bits per heavy atom. The maximum Gasteiger partial charge on any atom is 0.199 e. The third-order valence-electron chi connectivity index (χ3n) is 2.19. The molecule has 1 atom stereocenters. The minimum Gasteiger partial charge on any atom is -0.465 e. The second kappa shape index (κ2) is 5.56. The van der Waals surface area contributed by atoms with Crippen LogP contribution in [0.25, 0.3) is 5.57 Å². The van der Waals surface area contributed by atoms with Gasteiger partial charge in [-0.3, -0.25) is 0 Å². The Morgan fingerprint density at radius 1 is 1.47 bits per heavy atom. The summed E-state index contributed by atoms with van der Waals surface area (Å²) in [5.74, 6) is 0.823. The van der Waals surface area contributed by atoms with E-state index in [4.69, 9.17) is 9.47 Å². The molecule has 0 spiro atoms. The predicted octanol–water partition coefficient (Wildman–Crippen LogP) is 3.48. The van der Waals surface area contributed by atoms with Crippen molar-refractivity contribution in [3.05, 3.63) is 36.4 Å². The highest BCUT2D eigenvalue weighted by Gasteiger charge is 2.05. The van der Waals surface area contributed by atoms with Crippen LogP contribution in [0.15, 0.2) is 30.8 Å². The summed E-state index contributed by atoms with van der Waals surface area (Å²) in [5, 5.41) is 0. The van der Waals surface area contributed by atoms with Crippen molar-refractivity contribution in [2.45, 2.75) is 26.6 Å². The molecule has 0 N–H and O–H groups in total. The minimum absolute atomic E-state index is 0.176. The van der Waals surface area contributed by atoms with Crippen molar-refractivity contribution >= 4 is 5.57 Å². The van der Waals surface area contributed by atoms with Crippen LogP contribution in [0.4, 0.5) is 0 Å². The molecular weight excluding hydrogens is 188 g/mol. The van der Waals surface area contributed by atoms with E-state index in [2.05, 4.69) is 6.58 Å². The second-order valence-electron chi connectivity index (χ2n) is 3.50. The number of methoxy groups -OCH3 is 1. The largest absolute Gasteiger partial charge is 0.465 e. The monoisotopic (exact) mass is 206 g/mol. The first-order chi connectivity index (χ1) is 7.17. The average molecular weight is 206 g/mol. The SMILES string of the molecule is C=C(C)c1cccc(OC(CC)OC)c1. The van der Waals surface area contributed by atoms with E-state index in [1.807, 2.05) is 38.1 Å². The summed E-state index contributed by atoms with van der Waals surface area (Å²) in [6.07, 6.45) is 0.652. The lowest BCUT2D eigenvalue weighted by Gasteiger charge is -2.16. The molecule has 0 saturated heterocycles. The fourth-order valence-corrected chi connectivity index (χ4v) is 1.28. The number of rotatable bonds is 5. The Hall–Kier alpha value is -1.28. The second-order valence-corrected chi connectivity index (χ2v) is 3.50. The lowest BCUT2D eigenvalue weighted by atomic mass is 10.1. The molecule has 0 saturated carbocycles. The Balaban J connectivity index is 2.77. The summed E-state index contributed by atoms with van der Waals surface area (Å²) in [5.41, 5.74) is 2.13. The van der Waals surface area contributed by atoms with Crippen molar-refractivity contribution in [3.8, 4) is 5.75 Å². The number of benzene rings is 1. The first-order valence-corrected chi connectivity index (χ1v) is 5.12. The zero-order chi connectivity index (χ0) is 11.3. The Kier molecular flexibility index (Phi) is 4.37. The Labute approximate surface area is 91.5 Å². The van der Waals surface area contributed by atoms with Gasteiger partial charge in [0.15, 0.2) is 6.29 Å². The summed E-state index contributed by atoms with van der Waals surface area (Å²) < 4.78 is 10.8. The summed E-state index contributed by atoms with van der Waals surface area (Å²) in [6.45, 7) is 7.90. The molecule has 1 aromatic rings. The van der Waals surface area contributed by atoms with Gasteiger partial charge in [-0.25, -0.2) is 0 Å². The quantitative estimate of drug-likeness (QED) is 0.687. The fourth-order valence-electron chi connectivity index (χ4n) is 1.28. The van der Waals surface area contributed by atoms with Crippen molar-refractivity contribution in [1.82, 2.24) is 0 Å². The van der Waals surface area contributed by atoms with E-state index in [0.29, 0.717) is 0 Å². The van der Waals surface area contributed by atoms with Gasteiger partial charge in [0.25, 0.3) is 0 Å². The van der Waals surface area contributed by atoms with Crippen LogP contribution in [0.5, 0.6) is 5.75 Å². The molecule has 0 aliphatic carbocycles. The number of allylic oxidation sites excluding steroid dienone is 1. The van der Waals surface area contributed by atoms with Gasteiger partial charge in [0.1, 0.15) is 5.75 Å². The molecule has 0 fully saturated rings. The van der Waals surface area contributed by atoms with Crippen LogP contribution in [-0.4, -0.2) is 13.4 Å². The molecule has 0 aliphatic rings. The number of hydrogen-bond donors (Lipinski definition) is 0. The Morgan fingerprint density at radius 3 is 2.73 bits per heavy atom. The van der Waals surface area contributed by atoms with Gasteiger partial charge < -0.3 is 9.47 Å². The van der Waals surface area contributed by atoms with Crippen LogP contribution in [0.2, 0.25) is 0 Å². The predicted molar refractivity (Wildman–Crippen MR) is 62.9 cm³/mol. The summed E-state index contributed by atoms with van der Waals surface area (Å²) >= 11 is 0. The van der Waals surface area contributed by atoms with E-state index in [1.54, 1.807) is 7.11 Å². The molecule has 2 heteroatoms. The highest BCUT2D eigenvalue weighted by Crippen LogP contribution is 2.20. The number of ether oxygens (including phenoxy) is 2. The maximum absolute atomic E-state index is 5.64. The molecule has 15 heavy (non-hydrogen) atoms. The maximum atomic E-state index is 5.64. The van der Waals surface area contributed by atoms with E-state index in [0.717, 1.165) is 23.3 Å². The molecule has 1 unspecified atom stereocenters. The van der Waals surface area contributed by atoms with Crippen LogP contribution in [0, 0.1) is 0 Å². The van der Waals surface area contributed by atoms with Gasteiger partial charge in [0.05, 0.1) is 0 Å². The van der Waals surface area contributed by atoms with Crippen molar-refractivity contribution in [2.24, 2.45) is 0 Å². The third-order valence-corrected chi connectivity index (χ3v) is 2.19. The highest BCUT2D eigenvalue weighted by atomic mass is 16.7. The fraction of sp³-hybridized carbons (Fsp3) is 0.385. The van der Waals surface area contributed by atoms with Crippen molar-refractivity contribution < 1.29 is 9.47 Å². The molecule has 1 aromatic carbocycles. The normalized spacial score (nSPS) is 12.2. The molecule has 0 aromatic heterocycles. The van der Waals surface area contributed by atoms with Crippen LogP contribution in [-0.2, 0) is 4.74 Å². The van der Waals surface area contributed by atoms with Gasteiger partial charge in [-0.05, 0) is 24.6 Å². The van der Waals surface area contributed by atoms with E-state index in [-0.39, 0.29) is 6.29 Å². The summed E-state index contributed by atoms with van der Waals surface area (Å²) in [4.78, 5) is 0. The molecule has 0 radical (unpaired) electrons. The van der Waals surface area contributed by atoms with Crippen LogP contribution < -0.4 is 4.74 Å². The highest BCUT2D eigenvalue weighted by molar-refractivity contribution is 5.62. The van der Waals surface area contributed by atoms with Gasteiger partial charge in [0, 0.05) is 13.5 Å². The van der Waals surface area contributed by atoms with E-state index < -0.39 is 0 Å². The van der Waals surface area contributed by atoms with Crippen molar-refractivity contribution in [1.29, 1.82) is 0 Å². The molecule has 2 nitrogen and oxygen atoms in total. The van der Waals surface area contributed by atoms with E-state index >= 15 is 0 Å². The average Bonchev–Trinajstić information content (AvgIpc) is 2.26. The lowest BCUT2D eigenvalue weighted by Crippen LogP contribution is -2.17. The molecule has 1 rings (SSSR count). The molecule has 82 valence electrons. The van der Waals surface area contributed by atoms with Gasteiger partial charge >= 0.3 is 0 Å². The smallest absolute Gasteiger partial charge is 0.199 e. The molecule has 0 heterocycles. The molecule has 0 aliphatic heterocycles. The van der Waals surface area contributed by atoms with Crippen LogP contribution in [0.3, 0.4) is 0 Å². The first kappa shape index (κ1) is 11.8. The van der Waals surface area contributed by atoms with Gasteiger partial charge in [-0.15, -0.1) is 0 Å². The van der Waals surface area contributed by atoms with Gasteiger partial charge in [-0.2, -0.15) is 0 Å². The van der Waals surface area contributed by atoms with Crippen molar-refractivity contribution in [3.63, 3.8) is 0 Å². The van der Waals surface area contributed by atoms with E-state index in [1.165, 1.54) is 0 Å². The number of hydrogen-bond acceptors (Lipinski definition) is 2. The molecular formula is C13H18O2. The Bertz CT molecular complexity index is 327. The van der Waals surface area contributed by atoms with Gasteiger partial charge in [0.2, 0.25) is 0 Å². The zero-order valence-corrected chi connectivity index (χ0v) is 9.62. The molecule has 0 amide bonds.